The highest BCUT2D eigenvalue weighted by Gasteiger charge is 2.28. The lowest BCUT2D eigenvalue weighted by Crippen LogP contribution is -2.29. The van der Waals surface area contributed by atoms with E-state index in [2.05, 4.69) is 10.0 Å². The molecule has 5 nitrogen and oxygen atoms in total. The molecule has 0 radical (unpaired) electrons. The molecule has 7 heteroatoms. The Hall–Kier alpha value is -2.25. The maximum absolute atomic E-state index is 13.9. The van der Waals surface area contributed by atoms with E-state index in [0.717, 1.165) is 12.8 Å². The van der Waals surface area contributed by atoms with E-state index in [0.29, 0.717) is 11.1 Å². The van der Waals surface area contributed by atoms with Gasteiger partial charge in [-0.1, -0.05) is 24.3 Å². The van der Waals surface area contributed by atoms with Crippen LogP contribution in [-0.2, 0) is 10.0 Å². The summed E-state index contributed by atoms with van der Waals surface area (Å²) in [7, 11) is -3.65. The van der Waals surface area contributed by atoms with Gasteiger partial charge in [-0.05, 0) is 50.5 Å². The van der Waals surface area contributed by atoms with Crippen molar-refractivity contribution in [2.24, 2.45) is 0 Å². The molecule has 2 aromatic carbocycles. The van der Waals surface area contributed by atoms with Crippen molar-refractivity contribution in [2.75, 3.05) is 0 Å². The first kappa shape index (κ1) is 18.5. The summed E-state index contributed by atoms with van der Waals surface area (Å²) < 4.78 is 41.2. The minimum absolute atomic E-state index is 0.0142. The average molecular weight is 376 g/mol. The molecule has 2 N–H and O–H groups in total. The van der Waals surface area contributed by atoms with Crippen molar-refractivity contribution in [3.05, 3.63) is 65.0 Å². The van der Waals surface area contributed by atoms with Crippen LogP contribution in [0.2, 0.25) is 0 Å². The molecule has 0 spiro atoms. The molecule has 2 aromatic rings. The fourth-order valence-electron chi connectivity index (χ4n) is 2.68. The van der Waals surface area contributed by atoms with E-state index in [9.17, 15) is 17.6 Å². The molecule has 0 saturated heterocycles. The summed E-state index contributed by atoms with van der Waals surface area (Å²) in [5.74, 6) is -0.844. The van der Waals surface area contributed by atoms with Crippen LogP contribution >= 0.6 is 0 Å². The number of aryl methyl sites for hydroxylation is 1. The van der Waals surface area contributed by atoms with Gasteiger partial charge >= 0.3 is 0 Å². The van der Waals surface area contributed by atoms with E-state index in [1.54, 1.807) is 38.1 Å². The highest BCUT2D eigenvalue weighted by atomic mass is 32.2. The summed E-state index contributed by atoms with van der Waals surface area (Å²) in [6, 6.07) is 10.1. The van der Waals surface area contributed by atoms with Crippen LogP contribution in [-0.4, -0.2) is 20.4 Å². The number of hydrogen-bond donors (Lipinski definition) is 2. The molecule has 0 aliphatic heterocycles. The Balaban J connectivity index is 1.82. The standard InChI is InChI=1S/C19H21FN2O3S/c1-12-7-10-15(26(24,25)22-14-8-9-14)11-17(12)19(23)21-13(2)16-5-3-4-6-18(16)20/h3-7,10-11,13-14,22H,8-9H2,1-2H3,(H,21,23). The van der Waals surface area contributed by atoms with Gasteiger partial charge in [0, 0.05) is 17.2 Å². The Kier molecular flexibility index (Phi) is 5.11. The van der Waals surface area contributed by atoms with Gasteiger partial charge < -0.3 is 5.32 Å². The summed E-state index contributed by atoms with van der Waals surface area (Å²) in [4.78, 5) is 12.7. The molecule has 3 rings (SSSR count). The van der Waals surface area contributed by atoms with Gasteiger partial charge in [0.25, 0.3) is 5.91 Å². The Morgan fingerprint density at radius 1 is 1.19 bits per heavy atom. The number of amides is 1. The van der Waals surface area contributed by atoms with Crippen molar-refractivity contribution in [1.29, 1.82) is 0 Å². The van der Waals surface area contributed by atoms with Crippen molar-refractivity contribution in [3.63, 3.8) is 0 Å². The maximum atomic E-state index is 13.9. The molecule has 1 amide bonds. The normalized spacial score (nSPS) is 15.5. The number of carbonyl (C=O) groups excluding carboxylic acids is 1. The average Bonchev–Trinajstić information content (AvgIpc) is 3.38. The molecule has 0 aromatic heterocycles. The Bertz CT molecular complexity index is 940. The highest BCUT2D eigenvalue weighted by Crippen LogP contribution is 2.24. The predicted molar refractivity (Wildman–Crippen MR) is 96.8 cm³/mol. The first-order chi connectivity index (χ1) is 12.3. The van der Waals surface area contributed by atoms with Crippen LogP contribution < -0.4 is 10.0 Å². The van der Waals surface area contributed by atoms with E-state index in [-0.39, 0.29) is 16.5 Å². The Morgan fingerprint density at radius 3 is 2.54 bits per heavy atom. The highest BCUT2D eigenvalue weighted by molar-refractivity contribution is 7.89. The number of hydrogen-bond acceptors (Lipinski definition) is 3. The van der Waals surface area contributed by atoms with Crippen molar-refractivity contribution < 1.29 is 17.6 Å². The van der Waals surface area contributed by atoms with Crippen molar-refractivity contribution in [3.8, 4) is 0 Å². The van der Waals surface area contributed by atoms with Gasteiger partial charge in [0.15, 0.2) is 0 Å². The minimum atomic E-state index is -3.65. The largest absolute Gasteiger partial charge is 0.345 e. The molecular weight excluding hydrogens is 355 g/mol. The molecule has 1 saturated carbocycles. The second kappa shape index (κ2) is 7.17. The Labute approximate surface area is 152 Å². The van der Waals surface area contributed by atoms with Gasteiger partial charge in [0.2, 0.25) is 10.0 Å². The SMILES string of the molecule is Cc1ccc(S(=O)(=O)NC2CC2)cc1C(=O)NC(C)c1ccccc1F. The Morgan fingerprint density at radius 2 is 1.88 bits per heavy atom. The van der Waals surface area contributed by atoms with E-state index in [1.165, 1.54) is 18.2 Å². The third kappa shape index (κ3) is 4.11. The second-order valence-corrected chi connectivity index (χ2v) is 8.30. The lowest BCUT2D eigenvalue weighted by Gasteiger charge is -2.16. The lowest BCUT2D eigenvalue weighted by molar-refractivity contribution is 0.0938. The van der Waals surface area contributed by atoms with Crippen molar-refractivity contribution in [1.82, 2.24) is 10.0 Å². The first-order valence-electron chi connectivity index (χ1n) is 8.46. The molecule has 1 atom stereocenters. The van der Waals surface area contributed by atoms with Crippen LogP contribution in [0.25, 0.3) is 0 Å². The molecule has 1 unspecified atom stereocenters. The van der Waals surface area contributed by atoms with E-state index >= 15 is 0 Å². The van der Waals surface area contributed by atoms with E-state index in [4.69, 9.17) is 0 Å². The van der Waals surface area contributed by atoms with Gasteiger partial charge in [-0.3, -0.25) is 4.79 Å². The summed E-state index contributed by atoms with van der Waals surface area (Å²) in [5.41, 5.74) is 1.28. The van der Waals surface area contributed by atoms with Crippen LogP contribution in [0.15, 0.2) is 47.4 Å². The van der Waals surface area contributed by atoms with Crippen LogP contribution in [0, 0.1) is 12.7 Å². The fourth-order valence-corrected chi connectivity index (χ4v) is 4.01. The summed E-state index contributed by atoms with van der Waals surface area (Å²) >= 11 is 0. The zero-order valence-corrected chi connectivity index (χ0v) is 15.4. The number of rotatable bonds is 6. The first-order valence-corrected chi connectivity index (χ1v) is 9.94. The van der Waals surface area contributed by atoms with Crippen LogP contribution in [0.5, 0.6) is 0 Å². The molecule has 1 aliphatic carbocycles. The molecule has 26 heavy (non-hydrogen) atoms. The van der Waals surface area contributed by atoms with Crippen molar-refractivity contribution in [2.45, 2.75) is 43.7 Å². The quantitative estimate of drug-likeness (QED) is 0.814. The summed E-state index contributed by atoms with van der Waals surface area (Å²) in [6.45, 7) is 3.41. The van der Waals surface area contributed by atoms with Gasteiger partial charge in [-0.25, -0.2) is 17.5 Å². The number of sulfonamides is 1. The van der Waals surface area contributed by atoms with Crippen molar-refractivity contribution >= 4 is 15.9 Å². The van der Waals surface area contributed by atoms with Crippen LogP contribution in [0.4, 0.5) is 4.39 Å². The zero-order chi connectivity index (χ0) is 18.9. The minimum Gasteiger partial charge on any atom is -0.345 e. The number of benzene rings is 2. The third-order valence-corrected chi connectivity index (χ3v) is 5.90. The molecule has 1 fully saturated rings. The molecular formula is C19H21FN2O3S. The predicted octanol–water partition coefficient (Wildman–Crippen LogP) is 3.07. The molecule has 0 bridgehead atoms. The topological polar surface area (TPSA) is 75.3 Å². The zero-order valence-electron chi connectivity index (χ0n) is 14.6. The van der Waals surface area contributed by atoms with Gasteiger partial charge in [0.05, 0.1) is 10.9 Å². The monoisotopic (exact) mass is 376 g/mol. The molecule has 138 valence electrons. The maximum Gasteiger partial charge on any atom is 0.252 e. The molecule has 1 aliphatic rings. The number of halogens is 1. The second-order valence-electron chi connectivity index (χ2n) is 6.59. The summed E-state index contributed by atoms with van der Waals surface area (Å²) in [6.07, 6.45) is 1.66. The van der Waals surface area contributed by atoms with Crippen LogP contribution in [0.3, 0.4) is 0 Å². The lowest BCUT2D eigenvalue weighted by atomic mass is 10.1. The number of nitrogens with one attached hydrogen (secondary N) is 2. The third-order valence-electron chi connectivity index (χ3n) is 4.38. The fraction of sp³-hybridized carbons (Fsp3) is 0.316. The van der Waals surface area contributed by atoms with Gasteiger partial charge in [-0.15, -0.1) is 0 Å². The van der Waals surface area contributed by atoms with E-state index in [1.807, 2.05) is 0 Å². The van der Waals surface area contributed by atoms with E-state index < -0.39 is 27.8 Å². The molecule has 0 heterocycles. The van der Waals surface area contributed by atoms with Gasteiger partial charge in [0.1, 0.15) is 5.82 Å². The van der Waals surface area contributed by atoms with Crippen LogP contribution in [0.1, 0.15) is 47.3 Å². The summed E-state index contributed by atoms with van der Waals surface area (Å²) in [5, 5.41) is 2.73. The number of carbonyl (C=O) groups is 1. The smallest absolute Gasteiger partial charge is 0.252 e. The van der Waals surface area contributed by atoms with Gasteiger partial charge in [-0.2, -0.15) is 0 Å².